The van der Waals surface area contributed by atoms with Crippen LogP contribution in [0.5, 0.6) is 0 Å². The molecular formula is C17H24N6O. The van der Waals surface area contributed by atoms with Crippen LogP contribution >= 0.6 is 0 Å². The van der Waals surface area contributed by atoms with E-state index in [1.165, 1.54) is 18.5 Å². The average Bonchev–Trinajstić information content (AvgIpc) is 3.14. The normalized spacial score (nSPS) is 14.0. The van der Waals surface area contributed by atoms with Crippen molar-refractivity contribution in [3.05, 3.63) is 30.5 Å². The fourth-order valence-electron chi connectivity index (χ4n) is 2.73. The maximum atomic E-state index is 5.02. The molecule has 3 rings (SSSR count). The Labute approximate surface area is 142 Å². The van der Waals surface area contributed by atoms with Crippen molar-refractivity contribution in [2.75, 3.05) is 48.9 Å². The maximum absolute atomic E-state index is 5.02. The molecule has 128 valence electrons. The SMILES string of the molecule is COCCCNc1nncc(Nc2ccc(N3CCCC3)cc2)n1. The number of rotatable bonds is 8. The van der Waals surface area contributed by atoms with E-state index < -0.39 is 0 Å². The zero-order chi connectivity index (χ0) is 16.6. The number of methoxy groups -OCH3 is 1. The number of nitrogens with one attached hydrogen (secondary N) is 2. The quantitative estimate of drug-likeness (QED) is 0.722. The van der Waals surface area contributed by atoms with E-state index in [0.717, 1.165) is 31.7 Å². The van der Waals surface area contributed by atoms with Crippen LogP contribution in [0.25, 0.3) is 0 Å². The van der Waals surface area contributed by atoms with E-state index in [0.29, 0.717) is 18.4 Å². The summed E-state index contributed by atoms with van der Waals surface area (Å²) < 4.78 is 5.02. The van der Waals surface area contributed by atoms with Gasteiger partial charge in [0.05, 0.1) is 6.20 Å². The highest BCUT2D eigenvalue weighted by molar-refractivity contribution is 5.61. The lowest BCUT2D eigenvalue weighted by atomic mass is 10.2. The minimum atomic E-state index is 0.518. The van der Waals surface area contributed by atoms with Crippen LogP contribution in [0.3, 0.4) is 0 Å². The second kappa shape index (κ2) is 8.44. The summed E-state index contributed by atoms with van der Waals surface area (Å²) in [6, 6.07) is 8.43. The Morgan fingerprint density at radius 2 is 1.96 bits per heavy atom. The molecule has 1 aromatic carbocycles. The van der Waals surface area contributed by atoms with E-state index in [9.17, 15) is 0 Å². The minimum Gasteiger partial charge on any atom is -0.385 e. The second-order valence-electron chi connectivity index (χ2n) is 5.80. The molecule has 7 nitrogen and oxygen atoms in total. The summed E-state index contributed by atoms with van der Waals surface area (Å²) in [7, 11) is 1.69. The van der Waals surface area contributed by atoms with Gasteiger partial charge in [0.1, 0.15) is 0 Å². The number of aromatic nitrogens is 3. The maximum Gasteiger partial charge on any atom is 0.244 e. The first-order valence-electron chi connectivity index (χ1n) is 8.40. The molecule has 1 fully saturated rings. The van der Waals surface area contributed by atoms with Gasteiger partial charge in [-0.3, -0.25) is 0 Å². The zero-order valence-electron chi connectivity index (χ0n) is 14.0. The molecule has 2 aromatic rings. The first kappa shape index (κ1) is 16.4. The topological polar surface area (TPSA) is 75.2 Å². The van der Waals surface area contributed by atoms with Crippen LogP contribution in [-0.4, -0.2) is 48.5 Å². The molecule has 0 unspecified atom stereocenters. The molecule has 0 spiro atoms. The van der Waals surface area contributed by atoms with Crippen LogP contribution in [0.4, 0.5) is 23.1 Å². The van der Waals surface area contributed by atoms with E-state index in [2.05, 4.69) is 55.0 Å². The predicted molar refractivity (Wildman–Crippen MR) is 96.0 cm³/mol. The molecule has 1 aliphatic rings. The van der Waals surface area contributed by atoms with Gasteiger partial charge in [0, 0.05) is 44.7 Å². The molecule has 0 saturated carbocycles. The first-order valence-corrected chi connectivity index (χ1v) is 8.40. The number of nitrogens with zero attached hydrogens (tertiary/aromatic N) is 4. The Hall–Kier alpha value is -2.41. The molecule has 0 atom stereocenters. The Bertz CT molecular complexity index is 627. The Balaban J connectivity index is 1.57. The molecule has 1 aromatic heterocycles. The summed E-state index contributed by atoms with van der Waals surface area (Å²) in [6.45, 7) is 3.77. The minimum absolute atomic E-state index is 0.518. The van der Waals surface area contributed by atoms with Crippen LogP contribution in [0.1, 0.15) is 19.3 Å². The predicted octanol–water partition coefficient (Wildman–Crippen LogP) is 2.66. The number of ether oxygens (including phenoxy) is 1. The number of anilines is 4. The Morgan fingerprint density at radius 1 is 1.17 bits per heavy atom. The molecule has 0 radical (unpaired) electrons. The highest BCUT2D eigenvalue weighted by Crippen LogP contribution is 2.23. The molecule has 0 amide bonds. The van der Waals surface area contributed by atoms with Crippen molar-refractivity contribution in [1.82, 2.24) is 15.2 Å². The molecule has 0 bridgehead atoms. The zero-order valence-corrected chi connectivity index (χ0v) is 14.0. The Morgan fingerprint density at radius 3 is 2.71 bits per heavy atom. The average molecular weight is 328 g/mol. The van der Waals surface area contributed by atoms with E-state index in [1.807, 2.05) is 0 Å². The third-order valence-corrected chi connectivity index (χ3v) is 3.98. The van der Waals surface area contributed by atoms with Crippen LogP contribution < -0.4 is 15.5 Å². The summed E-state index contributed by atoms with van der Waals surface area (Å²) >= 11 is 0. The second-order valence-corrected chi connectivity index (χ2v) is 5.80. The molecule has 0 aliphatic carbocycles. The highest BCUT2D eigenvalue weighted by atomic mass is 16.5. The van der Waals surface area contributed by atoms with Gasteiger partial charge in [-0.2, -0.15) is 10.1 Å². The lowest BCUT2D eigenvalue weighted by Gasteiger charge is -2.17. The lowest BCUT2D eigenvalue weighted by Crippen LogP contribution is -2.17. The molecule has 1 saturated heterocycles. The largest absolute Gasteiger partial charge is 0.385 e. The van der Waals surface area contributed by atoms with E-state index >= 15 is 0 Å². The first-order chi connectivity index (χ1) is 11.8. The Kier molecular flexibility index (Phi) is 5.79. The van der Waals surface area contributed by atoms with Gasteiger partial charge in [-0.25, -0.2) is 0 Å². The number of hydrogen-bond donors (Lipinski definition) is 2. The van der Waals surface area contributed by atoms with Gasteiger partial charge in [0.2, 0.25) is 5.95 Å². The fourth-order valence-corrected chi connectivity index (χ4v) is 2.73. The smallest absolute Gasteiger partial charge is 0.244 e. The third kappa shape index (κ3) is 4.55. The lowest BCUT2D eigenvalue weighted by molar-refractivity contribution is 0.197. The van der Waals surface area contributed by atoms with Crippen molar-refractivity contribution < 1.29 is 4.74 Å². The molecule has 1 aliphatic heterocycles. The van der Waals surface area contributed by atoms with Gasteiger partial charge < -0.3 is 20.3 Å². The number of benzene rings is 1. The third-order valence-electron chi connectivity index (χ3n) is 3.98. The van der Waals surface area contributed by atoms with Crippen LogP contribution in [0.2, 0.25) is 0 Å². The summed E-state index contributed by atoms with van der Waals surface area (Å²) in [5.74, 6) is 1.19. The monoisotopic (exact) mass is 328 g/mol. The van der Waals surface area contributed by atoms with Crippen molar-refractivity contribution in [1.29, 1.82) is 0 Å². The van der Waals surface area contributed by atoms with Crippen molar-refractivity contribution in [3.8, 4) is 0 Å². The molecule has 2 N–H and O–H groups in total. The van der Waals surface area contributed by atoms with Crippen LogP contribution in [-0.2, 0) is 4.74 Å². The van der Waals surface area contributed by atoms with Crippen LogP contribution in [0, 0.1) is 0 Å². The van der Waals surface area contributed by atoms with Gasteiger partial charge in [0.25, 0.3) is 0 Å². The van der Waals surface area contributed by atoms with Gasteiger partial charge in [-0.1, -0.05) is 0 Å². The molecular weight excluding hydrogens is 304 g/mol. The van der Waals surface area contributed by atoms with Crippen molar-refractivity contribution in [2.24, 2.45) is 0 Å². The molecule has 7 heteroatoms. The fraction of sp³-hybridized carbons (Fsp3) is 0.471. The summed E-state index contributed by atoms with van der Waals surface area (Å²) in [4.78, 5) is 6.83. The molecule has 24 heavy (non-hydrogen) atoms. The van der Waals surface area contributed by atoms with Gasteiger partial charge in [0.15, 0.2) is 5.82 Å². The number of hydrogen-bond acceptors (Lipinski definition) is 7. The molecule has 2 heterocycles. The van der Waals surface area contributed by atoms with E-state index in [4.69, 9.17) is 4.74 Å². The standard InChI is InChI=1S/C17H24N6O/c1-24-12-4-9-18-17-21-16(13-19-22-17)20-14-5-7-15(8-6-14)23-10-2-3-11-23/h5-8,13H,2-4,9-12H2,1H3,(H2,18,20,21,22). The van der Waals surface area contributed by atoms with Gasteiger partial charge in [-0.05, 0) is 43.5 Å². The van der Waals surface area contributed by atoms with Crippen LogP contribution in [0.15, 0.2) is 30.5 Å². The highest BCUT2D eigenvalue weighted by Gasteiger charge is 2.11. The van der Waals surface area contributed by atoms with Crippen molar-refractivity contribution in [2.45, 2.75) is 19.3 Å². The summed E-state index contributed by atoms with van der Waals surface area (Å²) in [5, 5.41) is 14.4. The van der Waals surface area contributed by atoms with Crippen molar-refractivity contribution in [3.63, 3.8) is 0 Å². The van der Waals surface area contributed by atoms with Gasteiger partial charge >= 0.3 is 0 Å². The summed E-state index contributed by atoms with van der Waals surface area (Å²) in [5.41, 5.74) is 2.27. The van der Waals surface area contributed by atoms with Gasteiger partial charge in [-0.15, -0.1) is 5.10 Å². The van der Waals surface area contributed by atoms with Crippen molar-refractivity contribution >= 4 is 23.1 Å². The van der Waals surface area contributed by atoms with E-state index in [1.54, 1.807) is 13.3 Å². The summed E-state index contributed by atoms with van der Waals surface area (Å²) in [6.07, 6.45) is 5.09. The van der Waals surface area contributed by atoms with E-state index in [-0.39, 0.29) is 0 Å².